The highest BCUT2D eigenvalue weighted by atomic mass is 19.1. The summed E-state index contributed by atoms with van der Waals surface area (Å²) in [7, 11) is 0. The number of urea groups is 1. The molecule has 0 bridgehead atoms. The molecule has 0 aliphatic heterocycles. The van der Waals surface area contributed by atoms with Crippen LogP contribution >= 0.6 is 0 Å². The highest BCUT2D eigenvalue weighted by Gasteiger charge is 2.23. The van der Waals surface area contributed by atoms with Crippen molar-refractivity contribution in [1.29, 1.82) is 0 Å². The van der Waals surface area contributed by atoms with E-state index in [1.807, 2.05) is 0 Å². The second kappa shape index (κ2) is 7.98. The predicted octanol–water partition coefficient (Wildman–Crippen LogP) is 4.16. The van der Waals surface area contributed by atoms with Gasteiger partial charge in [0.2, 0.25) is 0 Å². The lowest BCUT2D eigenvalue weighted by Gasteiger charge is -2.09. The quantitative estimate of drug-likeness (QED) is 0.593. The van der Waals surface area contributed by atoms with Crippen LogP contribution in [0, 0.1) is 19.7 Å². The Bertz CT molecular complexity index is 1090. The number of aryl methyl sites for hydroxylation is 1. The van der Waals surface area contributed by atoms with Crippen molar-refractivity contribution < 1.29 is 14.0 Å². The second-order valence-corrected chi connectivity index (χ2v) is 7.34. The summed E-state index contributed by atoms with van der Waals surface area (Å²) >= 11 is 0. The standard InChI is InChI=1S/C22H22FN5O2/c1-13-20(14(2)28(27-13)19-11-3-15(23)4-12-19)21(29)24-16-5-7-17(8-6-16)25-22(30)26-18-9-10-18/h3-8,11-12,18H,9-10H2,1-2H3,(H,24,29)(H2,25,26,30). The molecule has 0 unspecified atom stereocenters. The zero-order valence-electron chi connectivity index (χ0n) is 16.7. The number of carbonyl (C=O) groups is 2. The largest absolute Gasteiger partial charge is 0.335 e. The first-order valence-corrected chi connectivity index (χ1v) is 9.72. The van der Waals surface area contributed by atoms with Crippen molar-refractivity contribution in [2.24, 2.45) is 0 Å². The maximum atomic E-state index is 13.2. The summed E-state index contributed by atoms with van der Waals surface area (Å²) in [5, 5.41) is 12.9. The molecule has 1 aliphatic carbocycles. The summed E-state index contributed by atoms with van der Waals surface area (Å²) in [4.78, 5) is 24.6. The molecule has 3 aromatic rings. The number of nitrogens with one attached hydrogen (secondary N) is 3. The van der Waals surface area contributed by atoms with E-state index in [-0.39, 0.29) is 23.8 Å². The van der Waals surface area contributed by atoms with Gasteiger partial charge in [0, 0.05) is 17.4 Å². The summed E-state index contributed by atoms with van der Waals surface area (Å²) < 4.78 is 14.8. The van der Waals surface area contributed by atoms with Crippen molar-refractivity contribution in [1.82, 2.24) is 15.1 Å². The highest BCUT2D eigenvalue weighted by molar-refractivity contribution is 6.06. The van der Waals surface area contributed by atoms with Gasteiger partial charge in [0.15, 0.2) is 0 Å². The van der Waals surface area contributed by atoms with E-state index >= 15 is 0 Å². The van der Waals surface area contributed by atoms with Gasteiger partial charge in [-0.25, -0.2) is 13.9 Å². The van der Waals surface area contributed by atoms with E-state index in [0.717, 1.165) is 12.8 Å². The van der Waals surface area contributed by atoms with Gasteiger partial charge in [-0.05, 0) is 75.2 Å². The molecule has 8 heteroatoms. The van der Waals surface area contributed by atoms with Crippen LogP contribution in [0.2, 0.25) is 0 Å². The number of benzene rings is 2. The van der Waals surface area contributed by atoms with Crippen molar-refractivity contribution in [3.8, 4) is 5.69 Å². The SMILES string of the molecule is Cc1nn(-c2ccc(F)cc2)c(C)c1C(=O)Nc1ccc(NC(=O)NC2CC2)cc1. The van der Waals surface area contributed by atoms with E-state index < -0.39 is 0 Å². The van der Waals surface area contributed by atoms with E-state index in [0.29, 0.717) is 34.0 Å². The number of amides is 3. The van der Waals surface area contributed by atoms with Gasteiger partial charge in [0.1, 0.15) is 5.82 Å². The van der Waals surface area contributed by atoms with Gasteiger partial charge in [0.05, 0.1) is 22.6 Å². The summed E-state index contributed by atoms with van der Waals surface area (Å²) in [5.74, 6) is -0.619. The fourth-order valence-electron chi connectivity index (χ4n) is 3.22. The fourth-order valence-corrected chi connectivity index (χ4v) is 3.22. The molecular formula is C22H22FN5O2. The van der Waals surface area contributed by atoms with Crippen LogP contribution in [0.25, 0.3) is 5.69 Å². The van der Waals surface area contributed by atoms with Crippen LogP contribution in [0.5, 0.6) is 0 Å². The Balaban J connectivity index is 1.46. The number of aromatic nitrogens is 2. The van der Waals surface area contributed by atoms with Crippen molar-refractivity contribution >= 4 is 23.3 Å². The number of hydrogen-bond donors (Lipinski definition) is 3. The van der Waals surface area contributed by atoms with Crippen LogP contribution in [0.1, 0.15) is 34.6 Å². The van der Waals surface area contributed by atoms with Crippen LogP contribution in [0.4, 0.5) is 20.6 Å². The Labute approximate surface area is 173 Å². The van der Waals surface area contributed by atoms with Crippen molar-refractivity contribution in [2.45, 2.75) is 32.7 Å². The molecule has 0 radical (unpaired) electrons. The molecule has 3 N–H and O–H groups in total. The predicted molar refractivity (Wildman–Crippen MR) is 113 cm³/mol. The smallest absolute Gasteiger partial charge is 0.319 e. The minimum absolute atomic E-state index is 0.228. The molecule has 1 aromatic heterocycles. The van der Waals surface area contributed by atoms with Crippen LogP contribution in [-0.2, 0) is 0 Å². The topological polar surface area (TPSA) is 88.1 Å². The number of carbonyl (C=O) groups excluding carboxylic acids is 2. The first kappa shape index (κ1) is 19.6. The monoisotopic (exact) mass is 407 g/mol. The summed E-state index contributed by atoms with van der Waals surface area (Å²) in [6.07, 6.45) is 2.05. The van der Waals surface area contributed by atoms with Gasteiger partial charge < -0.3 is 16.0 Å². The fraction of sp³-hybridized carbons (Fsp3) is 0.227. The Morgan fingerprint density at radius 3 is 2.17 bits per heavy atom. The van der Waals surface area contributed by atoms with E-state index in [2.05, 4.69) is 21.0 Å². The third kappa shape index (κ3) is 4.32. The minimum Gasteiger partial charge on any atom is -0.335 e. The van der Waals surface area contributed by atoms with Crippen LogP contribution in [0.15, 0.2) is 48.5 Å². The number of halogens is 1. The van der Waals surface area contributed by atoms with Crippen LogP contribution in [-0.4, -0.2) is 27.8 Å². The average Bonchev–Trinajstić information content (AvgIpc) is 3.46. The molecule has 1 fully saturated rings. The van der Waals surface area contributed by atoms with Gasteiger partial charge in [0.25, 0.3) is 5.91 Å². The molecule has 1 saturated carbocycles. The first-order chi connectivity index (χ1) is 14.4. The lowest BCUT2D eigenvalue weighted by molar-refractivity contribution is 0.102. The van der Waals surface area contributed by atoms with Gasteiger partial charge in [-0.1, -0.05) is 0 Å². The first-order valence-electron chi connectivity index (χ1n) is 9.72. The molecule has 1 heterocycles. The minimum atomic E-state index is -0.332. The molecule has 7 nitrogen and oxygen atoms in total. The molecule has 0 saturated heterocycles. The molecule has 0 atom stereocenters. The third-order valence-electron chi connectivity index (χ3n) is 4.90. The molecule has 4 rings (SSSR count). The molecule has 30 heavy (non-hydrogen) atoms. The van der Waals surface area contributed by atoms with Crippen molar-refractivity contribution in [3.63, 3.8) is 0 Å². The molecule has 0 spiro atoms. The van der Waals surface area contributed by atoms with Gasteiger partial charge in [-0.3, -0.25) is 4.79 Å². The normalized spacial score (nSPS) is 13.0. The number of rotatable bonds is 5. The lowest BCUT2D eigenvalue weighted by atomic mass is 10.1. The van der Waals surface area contributed by atoms with Gasteiger partial charge >= 0.3 is 6.03 Å². The van der Waals surface area contributed by atoms with E-state index in [9.17, 15) is 14.0 Å². The summed E-state index contributed by atoms with van der Waals surface area (Å²) in [6, 6.07) is 12.9. The zero-order valence-corrected chi connectivity index (χ0v) is 16.7. The molecule has 1 aliphatic rings. The number of anilines is 2. The highest BCUT2D eigenvalue weighted by Crippen LogP contribution is 2.21. The Kier molecular flexibility index (Phi) is 5.22. The Morgan fingerprint density at radius 1 is 0.967 bits per heavy atom. The number of nitrogens with zero attached hydrogens (tertiary/aromatic N) is 2. The van der Waals surface area contributed by atoms with Crippen LogP contribution in [0.3, 0.4) is 0 Å². The molecule has 154 valence electrons. The Hall–Kier alpha value is -3.68. The van der Waals surface area contributed by atoms with E-state index in [1.54, 1.807) is 54.9 Å². The summed E-state index contributed by atoms with van der Waals surface area (Å²) in [6.45, 7) is 3.55. The van der Waals surface area contributed by atoms with Crippen molar-refractivity contribution in [2.75, 3.05) is 10.6 Å². The van der Waals surface area contributed by atoms with E-state index in [1.165, 1.54) is 12.1 Å². The summed E-state index contributed by atoms with van der Waals surface area (Å²) in [5.41, 5.74) is 3.61. The van der Waals surface area contributed by atoms with Crippen LogP contribution < -0.4 is 16.0 Å². The molecular weight excluding hydrogens is 385 g/mol. The lowest BCUT2D eigenvalue weighted by Crippen LogP contribution is -2.30. The van der Waals surface area contributed by atoms with Crippen molar-refractivity contribution in [3.05, 3.63) is 71.3 Å². The zero-order chi connectivity index (χ0) is 21.3. The second-order valence-electron chi connectivity index (χ2n) is 7.34. The maximum Gasteiger partial charge on any atom is 0.319 e. The third-order valence-corrected chi connectivity index (χ3v) is 4.90. The van der Waals surface area contributed by atoms with Gasteiger partial charge in [-0.15, -0.1) is 0 Å². The molecule has 2 aromatic carbocycles. The average molecular weight is 407 g/mol. The van der Waals surface area contributed by atoms with E-state index in [4.69, 9.17) is 0 Å². The number of hydrogen-bond acceptors (Lipinski definition) is 3. The Morgan fingerprint density at radius 2 is 1.57 bits per heavy atom. The maximum absolute atomic E-state index is 13.2. The van der Waals surface area contributed by atoms with Gasteiger partial charge in [-0.2, -0.15) is 5.10 Å². The molecule has 3 amide bonds.